The first-order chi connectivity index (χ1) is 18.1. The third kappa shape index (κ3) is 6.96. The number of amides is 2. The van der Waals surface area contributed by atoms with Crippen molar-refractivity contribution < 1.29 is 22.7 Å². The molecule has 2 aliphatic heterocycles. The maximum atomic E-state index is 13.2. The Morgan fingerprint density at radius 1 is 1.05 bits per heavy atom. The molecule has 0 aliphatic carbocycles. The Morgan fingerprint density at radius 2 is 1.71 bits per heavy atom. The van der Waals surface area contributed by atoms with Gasteiger partial charge in [0.1, 0.15) is 5.75 Å². The van der Waals surface area contributed by atoms with Gasteiger partial charge in [-0.3, -0.25) is 0 Å². The van der Waals surface area contributed by atoms with Crippen LogP contribution < -0.4 is 20.7 Å². The molecule has 2 aromatic rings. The van der Waals surface area contributed by atoms with Crippen LogP contribution in [0, 0.1) is 5.92 Å². The lowest BCUT2D eigenvalue weighted by atomic mass is 9.96. The van der Waals surface area contributed by atoms with Crippen molar-refractivity contribution in [2.75, 3.05) is 62.3 Å². The number of hydrogen-bond acceptors (Lipinski definition) is 5. The number of carbonyl (C=O) groups is 1. The fourth-order valence-corrected chi connectivity index (χ4v) is 5.34. The monoisotopic (exact) mass is 533 g/mol. The highest BCUT2D eigenvalue weighted by Gasteiger charge is 2.33. The fraction of sp³-hybridized carbons (Fsp3) is 0.536. The number of nitrogen functional groups attached to an aromatic ring is 1. The van der Waals surface area contributed by atoms with Crippen LogP contribution in [0.4, 0.5) is 35.0 Å². The summed E-state index contributed by atoms with van der Waals surface area (Å²) in [5, 5.41) is 3.18. The molecule has 0 radical (unpaired) electrons. The normalized spacial score (nSPS) is 17.4. The molecule has 2 amide bonds. The van der Waals surface area contributed by atoms with Gasteiger partial charge in [0.2, 0.25) is 0 Å². The van der Waals surface area contributed by atoms with Crippen LogP contribution in [0.3, 0.4) is 0 Å². The molecule has 10 heteroatoms. The fourth-order valence-electron chi connectivity index (χ4n) is 5.34. The summed E-state index contributed by atoms with van der Waals surface area (Å²) in [6, 6.07) is 12.1. The van der Waals surface area contributed by atoms with E-state index in [4.69, 9.17) is 10.5 Å². The van der Waals surface area contributed by atoms with Crippen LogP contribution in [0.1, 0.15) is 38.2 Å². The number of alkyl halides is 3. The van der Waals surface area contributed by atoms with Crippen molar-refractivity contribution in [1.82, 2.24) is 9.80 Å². The smallest absolute Gasteiger partial charge is 0.418 e. The largest absolute Gasteiger partial charge is 0.494 e. The quantitative estimate of drug-likeness (QED) is 0.458. The van der Waals surface area contributed by atoms with Gasteiger partial charge in [-0.05, 0) is 81.0 Å². The summed E-state index contributed by atoms with van der Waals surface area (Å²) < 4.78 is 45.0. The van der Waals surface area contributed by atoms with Gasteiger partial charge in [-0.2, -0.15) is 13.2 Å². The first-order valence-electron chi connectivity index (χ1n) is 13.3. The average molecular weight is 534 g/mol. The lowest BCUT2D eigenvalue weighted by molar-refractivity contribution is -0.136. The number of urea groups is 1. The molecule has 38 heavy (non-hydrogen) atoms. The Bertz CT molecular complexity index is 1060. The highest BCUT2D eigenvalue weighted by molar-refractivity contribution is 5.74. The number of nitrogens with one attached hydrogen (secondary N) is 1. The number of rotatable bonds is 7. The molecule has 4 rings (SSSR count). The van der Waals surface area contributed by atoms with Gasteiger partial charge < -0.3 is 30.5 Å². The lowest BCUT2D eigenvalue weighted by Crippen LogP contribution is -2.49. The van der Waals surface area contributed by atoms with E-state index in [2.05, 4.69) is 22.3 Å². The van der Waals surface area contributed by atoms with Crippen molar-refractivity contribution in [1.29, 1.82) is 0 Å². The van der Waals surface area contributed by atoms with E-state index in [0.29, 0.717) is 44.1 Å². The second kappa shape index (κ2) is 12.0. The zero-order valence-corrected chi connectivity index (χ0v) is 22.1. The number of ether oxygens (including phenoxy) is 1. The lowest BCUT2D eigenvalue weighted by Gasteiger charge is -2.38. The zero-order chi connectivity index (χ0) is 27.3. The van der Waals surface area contributed by atoms with Crippen LogP contribution >= 0.6 is 0 Å². The molecule has 0 saturated carbocycles. The molecule has 0 spiro atoms. The zero-order valence-electron chi connectivity index (χ0n) is 22.1. The van der Waals surface area contributed by atoms with E-state index in [1.165, 1.54) is 11.8 Å². The van der Waals surface area contributed by atoms with Gasteiger partial charge in [0.15, 0.2) is 0 Å². The molecule has 2 heterocycles. The van der Waals surface area contributed by atoms with Crippen LogP contribution in [0.5, 0.6) is 5.75 Å². The number of nitrogens with zero attached hydrogens (tertiary/aromatic N) is 3. The molecule has 2 fully saturated rings. The number of hydrogen-bond donors (Lipinski definition) is 2. The van der Waals surface area contributed by atoms with Gasteiger partial charge in [-0.1, -0.05) is 0 Å². The van der Waals surface area contributed by atoms with Crippen molar-refractivity contribution >= 4 is 23.1 Å². The van der Waals surface area contributed by atoms with Gasteiger partial charge in [0.25, 0.3) is 0 Å². The Labute approximate surface area is 222 Å². The number of halogens is 3. The summed E-state index contributed by atoms with van der Waals surface area (Å²) in [7, 11) is 1.86. The highest BCUT2D eigenvalue weighted by atomic mass is 19.4. The maximum absolute atomic E-state index is 13.2. The third-order valence-corrected chi connectivity index (χ3v) is 7.48. The molecule has 0 unspecified atom stereocenters. The number of piperidine rings is 2. The van der Waals surface area contributed by atoms with Gasteiger partial charge in [0, 0.05) is 62.9 Å². The Morgan fingerprint density at radius 3 is 2.32 bits per heavy atom. The molecule has 0 bridgehead atoms. The van der Waals surface area contributed by atoms with Crippen LogP contribution in [-0.2, 0) is 6.18 Å². The molecule has 0 aromatic heterocycles. The van der Waals surface area contributed by atoms with E-state index < -0.39 is 11.7 Å². The molecule has 7 nitrogen and oxygen atoms in total. The van der Waals surface area contributed by atoms with Crippen molar-refractivity contribution in [2.24, 2.45) is 5.92 Å². The van der Waals surface area contributed by atoms with E-state index >= 15 is 0 Å². The van der Waals surface area contributed by atoms with Gasteiger partial charge >= 0.3 is 12.2 Å². The SMILES string of the molecule is CCOc1ccc(N2CCC(CN(C)C(=O)N3CCC(Nc4ccc(N)c(C(F)(F)F)c4)CC3)CC2)cc1. The summed E-state index contributed by atoms with van der Waals surface area (Å²) in [4.78, 5) is 19.1. The van der Waals surface area contributed by atoms with E-state index in [0.717, 1.165) is 44.3 Å². The number of anilines is 3. The summed E-state index contributed by atoms with van der Waals surface area (Å²) in [6.45, 7) is 6.40. The van der Waals surface area contributed by atoms with Gasteiger partial charge in [-0.15, -0.1) is 0 Å². The Hall–Kier alpha value is -3.30. The summed E-state index contributed by atoms with van der Waals surface area (Å²) in [5.74, 6) is 1.34. The first-order valence-corrected chi connectivity index (χ1v) is 13.3. The number of nitrogens with two attached hydrogens (primary N) is 1. The van der Waals surface area contributed by atoms with Crippen LogP contribution in [-0.4, -0.2) is 68.3 Å². The predicted molar refractivity (Wildman–Crippen MR) is 145 cm³/mol. The number of carbonyl (C=O) groups excluding carboxylic acids is 1. The molecule has 0 atom stereocenters. The van der Waals surface area contributed by atoms with Gasteiger partial charge in [0.05, 0.1) is 12.2 Å². The standard InChI is InChI=1S/C28H38F3N5O2/c1-3-38-24-7-5-23(6-8-24)35-14-10-20(11-15-35)19-34(2)27(37)36-16-12-21(13-17-36)33-22-4-9-26(32)25(18-22)28(29,30)31/h4-9,18,20-21,33H,3,10-17,19,32H2,1-2H3. The topological polar surface area (TPSA) is 74.1 Å². The molecular weight excluding hydrogens is 495 g/mol. The third-order valence-electron chi connectivity index (χ3n) is 7.48. The van der Waals surface area contributed by atoms with Crippen LogP contribution in [0.15, 0.2) is 42.5 Å². The molecule has 2 aromatic carbocycles. The molecular formula is C28H38F3N5O2. The molecule has 3 N–H and O–H groups in total. The van der Waals surface area contributed by atoms with E-state index in [-0.39, 0.29) is 17.8 Å². The predicted octanol–water partition coefficient (Wildman–Crippen LogP) is 5.53. The summed E-state index contributed by atoms with van der Waals surface area (Å²) in [6.07, 6.45) is -1.09. The van der Waals surface area contributed by atoms with Crippen molar-refractivity contribution in [3.63, 3.8) is 0 Å². The van der Waals surface area contributed by atoms with Crippen LogP contribution in [0.25, 0.3) is 0 Å². The first kappa shape index (κ1) is 27.7. The number of likely N-dealkylation sites (tertiary alicyclic amines) is 1. The van der Waals surface area contributed by atoms with Crippen LogP contribution in [0.2, 0.25) is 0 Å². The minimum atomic E-state index is -4.49. The second-order valence-corrected chi connectivity index (χ2v) is 10.2. The Kier molecular flexibility index (Phi) is 8.79. The molecule has 2 aliphatic rings. The van der Waals surface area contributed by atoms with Gasteiger partial charge in [-0.25, -0.2) is 4.79 Å². The molecule has 208 valence electrons. The number of benzene rings is 2. The van der Waals surface area contributed by atoms with E-state index in [1.807, 2.05) is 35.9 Å². The minimum absolute atomic E-state index is 0.000919. The summed E-state index contributed by atoms with van der Waals surface area (Å²) >= 11 is 0. The maximum Gasteiger partial charge on any atom is 0.418 e. The van der Waals surface area contributed by atoms with E-state index in [1.54, 1.807) is 6.07 Å². The van der Waals surface area contributed by atoms with Crippen molar-refractivity contribution in [3.05, 3.63) is 48.0 Å². The van der Waals surface area contributed by atoms with Crippen molar-refractivity contribution in [2.45, 2.75) is 44.8 Å². The minimum Gasteiger partial charge on any atom is -0.494 e. The summed E-state index contributed by atoms with van der Waals surface area (Å²) in [5.41, 5.74) is 5.97. The van der Waals surface area contributed by atoms with E-state index in [9.17, 15) is 18.0 Å². The van der Waals surface area contributed by atoms with Crippen molar-refractivity contribution in [3.8, 4) is 5.75 Å². The molecule has 2 saturated heterocycles. The second-order valence-electron chi connectivity index (χ2n) is 10.2. The Balaban J connectivity index is 1.20. The highest BCUT2D eigenvalue weighted by Crippen LogP contribution is 2.35. The average Bonchev–Trinajstić information content (AvgIpc) is 2.90.